The van der Waals surface area contributed by atoms with Gasteiger partial charge in [-0.25, -0.2) is 9.59 Å². The van der Waals surface area contributed by atoms with E-state index in [9.17, 15) is 33.9 Å². The van der Waals surface area contributed by atoms with E-state index in [-0.39, 0.29) is 98.2 Å². The molecular formula is C97H124Cl6N14O8. The highest BCUT2D eigenvalue weighted by atomic mass is 35.5. The van der Waals surface area contributed by atoms with Crippen LogP contribution in [0.4, 0.5) is 5.95 Å². The van der Waals surface area contributed by atoms with E-state index in [1.807, 2.05) is 64.9 Å². The number of piperidine rings is 3. The van der Waals surface area contributed by atoms with Crippen LogP contribution in [0.25, 0.3) is 0 Å². The Labute approximate surface area is 768 Å². The molecule has 7 heterocycles. The number of halogens is 6. The number of anilines is 1. The van der Waals surface area contributed by atoms with Gasteiger partial charge in [0.2, 0.25) is 0 Å². The summed E-state index contributed by atoms with van der Waals surface area (Å²) in [7, 11) is 0. The number of nitrogens with one attached hydrogen (secondary N) is 2. The molecule has 3 fully saturated rings. The summed E-state index contributed by atoms with van der Waals surface area (Å²) in [5.41, 5.74) is 5.11. The number of carbonyl (C=O) groups is 6. The van der Waals surface area contributed by atoms with Gasteiger partial charge in [-0.2, -0.15) is 5.21 Å². The molecule has 0 saturated carbocycles. The molecule has 0 bridgehead atoms. The van der Waals surface area contributed by atoms with E-state index in [2.05, 4.69) is 165 Å². The van der Waals surface area contributed by atoms with Crippen molar-refractivity contribution in [3.05, 3.63) is 208 Å². The molecule has 4 amide bonds. The van der Waals surface area contributed by atoms with Crippen LogP contribution in [-0.2, 0) is 19.1 Å². The number of tetrazole rings is 1. The van der Waals surface area contributed by atoms with Crippen LogP contribution in [0.2, 0.25) is 30.1 Å². The molecule has 22 nitrogen and oxygen atoms in total. The summed E-state index contributed by atoms with van der Waals surface area (Å²) >= 11 is 38.2. The summed E-state index contributed by atoms with van der Waals surface area (Å²) in [4.78, 5) is 110. The quantitative estimate of drug-likeness (QED) is 0.0600. The number of aromatic nitrogens is 4. The third-order valence-corrected chi connectivity index (χ3v) is 25.8. The smallest absolute Gasteiger partial charge is 0.338 e. The van der Waals surface area contributed by atoms with Crippen molar-refractivity contribution in [3.8, 4) is 0 Å². The number of aliphatic imine (C=N–C) groups is 3. The predicted molar refractivity (Wildman–Crippen MR) is 503 cm³/mol. The van der Waals surface area contributed by atoms with Crippen LogP contribution in [-0.4, -0.2) is 187 Å². The van der Waals surface area contributed by atoms with Crippen molar-refractivity contribution in [2.45, 2.75) is 273 Å². The summed E-state index contributed by atoms with van der Waals surface area (Å²) in [5, 5.41) is 28.2. The summed E-state index contributed by atoms with van der Waals surface area (Å²) in [6.07, 6.45) is 8.92. The van der Waals surface area contributed by atoms with E-state index in [1.54, 1.807) is 91.0 Å². The Morgan fingerprint density at radius 1 is 0.424 bits per heavy atom. The number of hydrogen-bond acceptors (Lipinski definition) is 16. The molecule has 3 saturated heterocycles. The van der Waals surface area contributed by atoms with Gasteiger partial charge in [0.05, 0.1) is 35.4 Å². The van der Waals surface area contributed by atoms with Gasteiger partial charge in [-0.15, -0.1) is 5.10 Å². The standard InChI is InChI=1S/C34H45Cl2N3O3.C32H40Cl2N8O2.C31H39Cl2N3O3/c1-22(2)42-31(41)24-11-9-23(10-12-24)28(13-14-32(3,4)5)39-30(40)29(25-19-26(35)21-27(36)20-25)37-34(39)15-17-38(18-16-34)33(6,7)8;1-30(2,3)12-11-25(20-7-9-21(10-8-20)27(43)35-29-37-39-40-38-29)42-28(44)26(22-17-23(33)19-24(34)18-22)36-32(42)13-15-41(16-14-32)31(4,5)6;1-29(2,3)12-11-25(20-7-9-21(10-8-20)28(38)39)36-27(37)26(22-17-23(32)19-24(33)18-22)34-31(36)13-15-35(16-14-31)30(4,5)6/h9-12,19-22,28H,13-18H2,1-8H3;7-10,17-19,25H,11-16H2,1-6H3,(H2,35,37,38,39,40,43);7-10,17-19,25H,11-16H2,1-6H3,(H,38,39)/t28-;2*25-/m111/s1. The molecule has 3 spiro atoms. The van der Waals surface area contributed by atoms with E-state index >= 15 is 0 Å². The number of H-pyrrole nitrogens is 1. The normalized spacial score (nSPS) is 18.5. The zero-order valence-corrected chi connectivity index (χ0v) is 80.6. The van der Waals surface area contributed by atoms with E-state index in [0.717, 1.165) is 107 Å². The first-order chi connectivity index (χ1) is 58.2. The molecule has 6 aliphatic heterocycles. The van der Waals surface area contributed by atoms with Crippen molar-refractivity contribution in [1.82, 2.24) is 50.0 Å². The Morgan fingerprint density at radius 2 is 0.696 bits per heavy atom. The van der Waals surface area contributed by atoms with E-state index in [4.69, 9.17) is 89.3 Å². The molecule has 672 valence electrons. The Balaban J connectivity index is 0.000000183. The van der Waals surface area contributed by atoms with Crippen molar-refractivity contribution in [1.29, 1.82) is 0 Å². The first-order valence-electron chi connectivity index (χ1n) is 43.5. The SMILES string of the molecule is CC(C)(C)CC[C@H](c1ccc(C(=O)Nc2nn[nH]n2)cc1)N1C(=O)C(c2cc(Cl)cc(Cl)c2)=NC12CCN(C(C)(C)C)CC2.CC(C)(C)CC[C@H](c1ccc(C(=O)O)cc1)N1C(=O)C(c2cc(Cl)cc(Cl)c2)=NC12CCN(C(C)(C)C)CC2.CC(C)OC(=O)c1ccc([C@@H](CCC(C)(C)C)N2C(=O)C(c3cc(Cl)cc(Cl)c3)=NC23CCN(C(C)(C)C)CC3)cc1. The number of esters is 1. The van der Waals surface area contributed by atoms with Crippen molar-refractivity contribution in [2.24, 2.45) is 31.2 Å². The van der Waals surface area contributed by atoms with Crippen LogP contribution in [0.1, 0.15) is 298 Å². The van der Waals surface area contributed by atoms with Crippen molar-refractivity contribution in [3.63, 3.8) is 0 Å². The maximum absolute atomic E-state index is 14.6. The van der Waals surface area contributed by atoms with Crippen molar-refractivity contribution < 1.29 is 38.6 Å². The van der Waals surface area contributed by atoms with Crippen LogP contribution in [0.3, 0.4) is 0 Å². The Kier molecular flexibility index (Phi) is 30.1. The molecule has 13 rings (SSSR count). The fourth-order valence-corrected chi connectivity index (χ4v) is 19.3. The number of rotatable bonds is 20. The molecule has 125 heavy (non-hydrogen) atoms. The maximum atomic E-state index is 14.6. The monoisotopic (exact) mass is 1820 g/mol. The molecule has 1 aromatic heterocycles. The summed E-state index contributed by atoms with van der Waals surface area (Å²) in [6, 6.07) is 36.6. The average molecular weight is 1830 g/mol. The van der Waals surface area contributed by atoms with Crippen LogP contribution >= 0.6 is 69.6 Å². The minimum atomic E-state index is -0.973. The van der Waals surface area contributed by atoms with Gasteiger partial charge in [-0.05, 0) is 244 Å². The summed E-state index contributed by atoms with van der Waals surface area (Å²) < 4.78 is 5.41. The fourth-order valence-electron chi connectivity index (χ4n) is 17.7. The zero-order valence-electron chi connectivity index (χ0n) is 76.1. The lowest BCUT2D eigenvalue weighted by molar-refractivity contribution is -0.135. The highest BCUT2D eigenvalue weighted by Crippen LogP contribution is 2.51. The number of aromatic amines is 1. The number of carboxylic acids is 1. The van der Waals surface area contributed by atoms with Gasteiger partial charge in [0.15, 0.2) is 0 Å². The lowest BCUT2D eigenvalue weighted by Crippen LogP contribution is -2.57. The van der Waals surface area contributed by atoms with Crippen LogP contribution in [0.5, 0.6) is 0 Å². The number of nitrogens with zero attached hydrogens (tertiary/aromatic N) is 12. The van der Waals surface area contributed by atoms with Crippen LogP contribution < -0.4 is 5.32 Å². The minimum absolute atomic E-state index is 0.00557. The number of ether oxygens (including phenoxy) is 1. The van der Waals surface area contributed by atoms with Gasteiger partial charge in [0.25, 0.3) is 29.6 Å². The highest BCUT2D eigenvalue weighted by molar-refractivity contribution is 6.49. The lowest BCUT2D eigenvalue weighted by atomic mass is 9.84. The van der Waals surface area contributed by atoms with Gasteiger partial charge < -0.3 is 24.5 Å². The lowest BCUT2D eigenvalue weighted by Gasteiger charge is -2.49. The van der Waals surface area contributed by atoms with Crippen LogP contribution in [0, 0.1) is 16.2 Å². The number of benzene rings is 6. The Bertz CT molecular complexity index is 5090. The fraction of sp³-hybridized carbons (Fsp3) is 0.526. The van der Waals surface area contributed by atoms with Crippen LogP contribution in [0.15, 0.2) is 142 Å². The van der Waals surface area contributed by atoms with Gasteiger partial charge in [-0.1, -0.05) is 173 Å². The molecule has 3 N–H and O–H groups in total. The summed E-state index contributed by atoms with van der Waals surface area (Å²) in [6.45, 7) is 48.3. The molecule has 0 radical (unpaired) electrons. The number of hydrogen-bond donors (Lipinski definition) is 3. The van der Waals surface area contributed by atoms with Gasteiger partial charge >= 0.3 is 11.9 Å². The second-order valence-corrected chi connectivity index (χ2v) is 43.6. The molecule has 3 atom stereocenters. The van der Waals surface area contributed by atoms with E-state index < -0.39 is 23.0 Å². The van der Waals surface area contributed by atoms with Gasteiger partial charge in [-0.3, -0.25) is 54.2 Å². The molecule has 0 aliphatic carbocycles. The molecule has 6 aliphatic rings. The van der Waals surface area contributed by atoms with Gasteiger partial charge in [0.1, 0.15) is 34.1 Å². The largest absolute Gasteiger partial charge is 0.478 e. The number of aromatic carboxylic acids is 1. The third kappa shape index (κ3) is 24.1. The van der Waals surface area contributed by atoms with Gasteiger partial charge in [0, 0.05) is 147 Å². The first-order valence-corrected chi connectivity index (χ1v) is 45.7. The second-order valence-electron chi connectivity index (χ2n) is 41.0. The third-order valence-electron chi connectivity index (χ3n) is 24.5. The number of amides is 4. The molecule has 28 heteroatoms. The Hall–Kier alpha value is -8.16. The van der Waals surface area contributed by atoms with E-state index in [1.165, 1.54) is 0 Å². The highest BCUT2D eigenvalue weighted by Gasteiger charge is 2.56. The predicted octanol–water partition coefficient (Wildman–Crippen LogP) is 22.4. The average Bonchev–Trinajstić information content (AvgIpc) is 1.59. The number of carbonyl (C=O) groups excluding carboxylic acids is 5. The zero-order chi connectivity index (χ0) is 91.6. The number of likely N-dealkylation sites (tertiary alicyclic amines) is 3. The van der Waals surface area contributed by atoms with Crippen molar-refractivity contribution in [2.75, 3.05) is 44.6 Å². The second kappa shape index (κ2) is 38.6. The molecule has 7 aromatic rings. The minimum Gasteiger partial charge on any atom is -0.478 e. The molecule has 0 unspecified atom stereocenters. The molecular weight excluding hydrogens is 1700 g/mol. The molecule has 6 aromatic carbocycles. The van der Waals surface area contributed by atoms with E-state index in [0.29, 0.717) is 101 Å². The summed E-state index contributed by atoms with van der Waals surface area (Å²) in [5.74, 6) is -1.96. The van der Waals surface area contributed by atoms with Crippen molar-refractivity contribution >= 4 is 128 Å². The topological polar surface area (TPSA) is 255 Å². The number of carboxylic acid groups (broad SMARTS) is 1. The Morgan fingerprint density at radius 3 is 0.936 bits per heavy atom. The first kappa shape index (κ1) is 97.5. The maximum Gasteiger partial charge on any atom is 0.338 e.